The molecular formula is C21H26N2O4S. The van der Waals surface area contributed by atoms with Crippen molar-refractivity contribution < 1.29 is 17.9 Å². The number of sulfonamides is 1. The summed E-state index contributed by atoms with van der Waals surface area (Å²) in [4.78, 5) is 12.9. The second-order valence-electron chi connectivity index (χ2n) is 7.08. The molecule has 1 heterocycles. The number of benzene rings is 2. The Morgan fingerprint density at radius 1 is 1.00 bits per heavy atom. The van der Waals surface area contributed by atoms with E-state index in [9.17, 15) is 13.2 Å². The number of hydrogen-bond donors (Lipinski definition) is 1. The molecule has 0 unspecified atom stereocenters. The van der Waals surface area contributed by atoms with Crippen LogP contribution in [-0.2, 0) is 10.0 Å². The van der Waals surface area contributed by atoms with E-state index in [1.165, 1.54) is 4.31 Å². The van der Waals surface area contributed by atoms with Crippen LogP contribution in [0.2, 0.25) is 0 Å². The molecule has 150 valence electrons. The van der Waals surface area contributed by atoms with Crippen molar-refractivity contribution in [3.63, 3.8) is 0 Å². The van der Waals surface area contributed by atoms with Crippen molar-refractivity contribution in [2.24, 2.45) is 0 Å². The molecule has 28 heavy (non-hydrogen) atoms. The molecule has 0 bridgehead atoms. The van der Waals surface area contributed by atoms with Crippen LogP contribution in [0.3, 0.4) is 0 Å². The van der Waals surface area contributed by atoms with E-state index in [-0.39, 0.29) is 10.8 Å². The Balaban J connectivity index is 1.86. The van der Waals surface area contributed by atoms with Gasteiger partial charge < -0.3 is 10.1 Å². The van der Waals surface area contributed by atoms with Crippen LogP contribution in [0.4, 0.5) is 5.69 Å². The summed E-state index contributed by atoms with van der Waals surface area (Å²) in [5.74, 6) is 0.319. The minimum Gasteiger partial charge on any atom is -0.496 e. The largest absolute Gasteiger partial charge is 0.496 e. The summed E-state index contributed by atoms with van der Waals surface area (Å²) < 4.78 is 32.6. The molecule has 2 aromatic rings. The summed E-state index contributed by atoms with van der Waals surface area (Å²) in [6.07, 6.45) is 2.81. The van der Waals surface area contributed by atoms with Crippen LogP contribution in [-0.4, -0.2) is 38.8 Å². The highest BCUT2D eigenvalue weighted by Crippen LogP contribution is 2.26. The van der Waals surface area contributed by atoms with Gasteiger partial charge in [0.1, 0.15) is 5.75 Å². The van der Waals surface area contributed by atoms with E-state index in [4.69, 9.17) is 4.74 Å². The average molecular weight is 403 g/mol. The molecule has 3 rings (SSSR count). The van der Waals surface area contributed by atoms with E-state index in [2.05, 4.69) is 5.32 Å². The Morgan fingerprint density at radius 2 is 1.68 bits per heavy atom. The van der Waals surface area contributed by atoms with Gasteiger partial charge in [0.05, 0.1) is 12.0 Å². The number of amides is 1. The van der Waals surface area contributed by atoms with E-state index in [1.54, 1.807) is 37.4 Å². The summed E-state index contributed by atoms with van der Waals surface area (Å²) in [5, 5.41) is 2.84. The number of ether oxygens (including phenoxy) is 1. The fourth-order valence-electron chi connectivity index (χ4n) is 3.31. The highest BCUT2D eigenvalue weighted by molar-refractivity contribution is 7.89. The van der Waals surface area contributed by atoms with Gasteiger partial charge in [-0.25, -0.2) is 8.42 Å². The van der Waals surface area contributed by atoms with Crippen LogP contribution in [0.5, 0.6) is 5.75 Å². The molecule has 2 aromatic carbocycles. The first kappa shape index (κ1) is 20.4. The number of nitrogens with one attached hydrogen (secondary N) is 1. The highest BCUT2D eigenvalue weighted by atomic mass is 32.2. The number of carbonyl (C=O) groups is 1. The van der Waals surface area contributed by atoms with E-state index in [0.717, 1.165) is 30.4 Å². The molecule has 0 atom stereocenters. The van der Waals surface area contributed by atoms with Gasteiger partial charge in [0.25, 0.3) is 5.91 Å². The Bertz CT molecular complexity index is 980. The molecule has 0 spiro atoms. The second-order valence-corrected chi connectivity index (χ2v) is 9.02. The van der Waals surface area contributed by atoms with Gasteiger partial charge in [-0.3, -0.25) is 4.79 Å². The maximum absolute atomic E-state index is 12.9. The van der Waals surface area contributed by atoms with Gasteiger partial charge in [-0.05, 0) is 62.1 Å². The molecule has 1 saturated heterocycles. The van der Waals surface area contributed by atoms with Crippen molar-refractivity contribution in [1.29, 1.82) is 0 Å². The zero-order valence-corrected chi connectivity index (χ0v) is 17.3. The van der Waals surface area contributed by atoms with Gasteiger partial charge in [-0.15, -0.1) is 0 Å². The van der Waals surface area contributed by atoms with Gasteiger partial charge in [-0.1, -0.05) is 18.6 Å². The standard InChI is InChI=1S/C21H26N2O4S/c1-15-8-10-18(28(25,26)23-11-5-4-6-12-23)14-19(15)22-21(24)17-9-7-16(2)20(13-17)27-3/h7-10,13-14H,4-6,11-12H2,1-3H3,(H,22,24). The third-order valence-electron chi connectivity index (χ3n) is 5.08. The Labute approximate surface area is 166 Å². The quantitative estimate of drug-likeness (QED) is 0.827. The zero-order chi connectivity index (χ0) is 20.3. The number of piperidine rings is 1. The maximum atomic E-state index is 12.9. The first-order chi connectivity index (χ1) is 13.3. The second kappa shape index (κ2) is 8.32. The van der Waals surface area contributed by atoms with E-state index < -0.39 is 10.0 Å². The van der Waals surface area contributed by atoms with Gasteiger partial charge in [0.2, 0.25) is 10.0 Å². The SMILES string of the molecule is COc1cc(C(=O)Nc2cc(S(=O)(=O)N3CCCCC3)ccc2C)ccc1C. The average Bonchev–Trinajstić information content (AvgIpc) is 2.70. The molecule has 0 radical (unpaired) electrons. The summed E-state index contributed by atoms with van der Waals surface area (Å²) >= 11 is 0. The fourth-order valence-corrected chi connectivity index (χ4v) is 4.85. The molecule has 0 saturated carbocycles. The molecule has 1 N–H and O–H groups in total. The number of nitrogens with zero attached hydrogens (tertiary/aromatic N) is 1. The van der Waals surface area contributed by atoms with Crippen molar-refractivity contribution in [3.05, 3.63) is 53.1 Å². The fraction of sp³-hybridized carbons (Fsp3) is 0.381. The predicted octanol–water partition coefficient (Wildman–Crippen LogP) is 3.74. The van der Waals surface area contributed by atoms with Crippen molar-refractivity contribution in [1.82, 2.24) is 4.31 Å². The number of rotatable bonds is 5. The number of methoxy groups -OCH3 is 1. The molecule has 1 amide bonds. The van der Waals surface area contributed by atoms with E-state index >= 15 is 0 Å². The molecular weight excluding hydrogens is 376 g/mol. The normalized spacial score (nSPS) is 15.2. The van der Waals surface area contributed by atoms with E-state index in [1.807, 2.05) is 19.9 Å². The van der Waals surface area contributed by atoms with Crippen LogP contribution < -0.4 is 10.1 Å². The molecule has 1 fully saturated rings. The van der Waals surface area contributed by atoms with Crippen LogP contribution in [0.25, 0.3) is 0 Å². The Morgan fingerprint density at radius 3 is 2.36 bits per heavy atom. The summed E-state index contributed by atoms with van der Waals surface area (Å²) in [6.45, 7) is 4.82. The first-order valence-electron chi connectivity index (χ1n) is 9.40. The summed E-state index contributed by atoms with van der Waals surface area (Å²) in [7, 11) is -2.00. The monoisotopic (exact) mass is 402 g/mol. The zero-order valence-electron chi connectivity index (χ0n) is 16.5. The van der Waals surface area contributed by atoms with Gasteiger partial charge in [-0.2, -0.15) is 4.31 Å². The highest BCUT2D eigenvalue weighted by Gasteiger charge is 2.26. The Hall–Kier alpha value is -2.38. The Kier molecular flexibility index (Phi) is 6.05. The maximum Gasteiger partial charge on any atom is 0.255 e. The van der Waals surface area contributed by atoms with E-state index in [0.29, 0.717) is 30.1 Å². The van der Waals surface area contributed by atoms with Gasteiger partial charge in [0.15, 0.2) is 0 Å². The molecule has 1 aliphatic heterocycles. The third-order valence-corrected chi connectivity index (χ3v) is 6.97. The number of aryl methyl sites for hydroxylation is 2. The van der Waals surface area contributed by atoms with Crippen LogP contribution in [0.1, 0.15) is 40.7 Å². The van der Waals surface area contributed by atoms with Crippen LogP contribution in [0.15, 0.2) is 41.3 Å². The predicted molar refractivity (Wildman–Crippen MR) is 109 cm³/mol. The lowest BCUT2D eigenvalue weighted by atomic mass is 10.1. The topological polar surface area (TPSA) is 75.7 Å². The smallest absolute Gasteiger partial charge is 0.255 e. The van der Waals surface area contributed by atoms with Crippen LogP contribution in [0, 0.1) is 13.8 Å². The minimum absolute atomic E-state index is 0.205. The van der Waals surface area contributed by atoms with Gasteiger partial charge in [0, 0.05) is 24.3 Å². The van der Waals surface area contributed by atoms with Crippen molar-refractivity contribution >= 4 is 21.6 Å². The molecule has 0 aliphatic carbocycles. The lowest BCUT2D eigenvalue weighted by Crippen LogP contribution is -2.35. The van der Waals surface area contributed by atoms with Crippen LogP contribution >= 0.6 is 0 Å². The molecule has 0 aromatic heterocycles. The number of carbonyl (C=O) groups excluding carboxylic acids is 1. The number of anilines is 1. The first-order valence-corrected chi connectivity index (χ1v) is 10.8. The number of hydrogen-bond acceptors (Lipinski definition) is 4. The van der Waals surface area contributed by atoms with Gasteiger partial charge >= 0.3 is 0 Å². The lowest BCUT2D eigenvalue weighted by Gasteiger charge is -2.26. The van der Waals surface area contributed by atoms with Crippen molar-refractivity contribution in [2.75, 3.05) is 25.5 Å². The summed E-state index contributed by atoms with van der Waals surface area (Å²) in [6, 6.07) is 10.1. The lowest BCUT2D eigenvalue weighted by molar-refractivity contribution is 0.102. The minimum atomic E-state index is -3.56. The summed E-state index contributed by atoms with van der Waals surface area (Å²) in [5.41, 5.74) is 2.67. The molecule has 1 aliphatic rings. The molecule has 6 nitrogen and oxygen atoms in total. The van der Waals surface area contributed by atoms with Crippen molar-refractivity contribution in [2.45, 2.75) is 38.0 Å². The third kappa shape index (κ3) is 4.20. The van der Waals surface area contributed by atoms with Crippen molar-refractivity contribution in [3.8, 4) is 5.75 Å². The molecule has 7 heteroatoms.